The quantitative estimate of drug-likeness (QED) is 0.512. The predicted molar refractivity (Wildman–Crippen MR) is 114 cm³/mol. The van der Waals surface area contributed by atoms with E-state index in [1.807, 2.05) is 36.1 Å². The summed E-state index contributed by atoms with van der Waals surface area (Å²) < 4.78 is 38.1. The van der Waals surface area contributed by atoms with Crippen molar-refractivity contribution in [3.05, 3.63) is 70.8 Å². The second-order valence-electron chi connectivity index (χ2n) is 7.43. The third-order valence-electron chi connectivity index (χ3n) is 5.14. The first-order chi connectivity index (χ1) is 14.9. The molecule has 1 fully saturated rings. The van der Waals surface area contributed by atoms with Crippen LogP contribution in [0.4, 0.5) is 13.2 Å². The molecule has 31 heavy (non-hydrogen) atoms. The smallest absolute Gasteiger partial charge is 0.357 e. The number of aliphatic imine (C=N–C) groups is 1. The van der Waals surface area contributed by atoms with Crippen molar-refractivity contribution >= 4 is 11.9 Å². The minimum absolute atomic E-state index is 0.189. The lowest BCUT2D eigenvalue weighted by molar-refractivity contribution is -0.137. The number of likely N-dealkylation sites (tertiary alicyclic amines) is 1. The van der Waals surface area contributed by atoms with E-state index >= 15 is 0 Å². The van der Waals surface area contributed by atoms with Crippen molar-refractivity contribution in [1.29, 1.82) is 0 Å². The SMILES string of the molecule is CCNC(=NCc1ccc(C(F)(F)F)cc1)NCc1ccccc1CN1CCCC1=O. The summed E-state index contributed by atoms with van der Waals surface area (Å²) in [5.74, 6) is 0.767. The first kappa shape index (κ1) is 22.7. The molecule has 8 heteroatoms. The minimum atomic E-state index is -4.34. The number of nitrogens with one attached hydrogen (secondary N) is 2. The summed E-state index contributed by atoms with van der Waals surface area (Å²) in [6, 6.07) is 13.0. The molecule has 1 aliphatic heterocycles. The van der Waals surface area contributed by atoms with Gasteiger partial charge in [-0.1, -0.05) is 36.4 Å². The van der Waals surface area contributed by atoms with Crippen molar-refractivity contribution in [1.82, 2.24) is 15.5 Å². The van der Waals surface area contributed by atoms with Gasteiger partial charge in [0.25, 0.3) is 0 Å². The molecule has 3 rings (SSSR count). The number of carbonyl (C=O) groups is 1. The van der Waals surface area contributed by atoms with Crippen LogP contribution < -0.4 is 10.6 Å². The summed E-state index contributed by atoms with van der Waals surface area (Å²) in [6.07, 6.45) is -2.83. The lowest BCUT2D eigenvalue weighted by atomic mass is 10.1. The van der Waals surface area contributed by atoms with Crippen LogP contribution in [0.3, 0.4) is 0 Å². The van der Waals surface area contributed by atoms with Crippen LogP contribution in [0.1, 0.15) is 42.0 Å². The van der Waals surface area contributed by atoms with Gasteiger partial charge in [0.2, 0.25) is 5.91 Å². The number of alkyl halides is 3. The van der Waals surface area contributed by atoms with Gasteiger partial charge in [0.05, 0.1) is 12.1 Å². The molecule has 0 spiro atoms. The molecule has 1 amide bonds. The molecule has 0 radical (unpaired) electrons. The van der Waals surface area contributed by atoms with E-state index in [9.17, 15) is 18.0 Å². The van der Waals surface area contributed by atoms with Crippen LogP contribution in [-0.4, -0.2) is 29.9 Å². The lowest BCUT2D eigenvalue weighted by Gasteiger charge is -2.19. The van der Waals surface area contributed by atoms with Crippen molar-refractivity contribution in [2.75, 3.05) is 13.1 Å². The molecule has 0 unspecified atom stereocenters. The summed E-state index contributed by atoms with van der Waals surface area (Å²) in [7, 11) is 0. The molecular weight excluding hydrogens is 405 g/mol. The lowest BCUT2D eigenvalue weighted by Crippen LogP contribution is -2.37. The predicted octanol–water partition coefficient (Wildman–Crippen LogP) is 4.08. The molecule has 5 nitrogen and oxygen atoms in total. The molecule has 0 bridgehead atoms. The number of carbonyl (C=O) groups excluding carboxylic acids is 1. The van der Waals surface area contributed by atoms with E-state index in [1.54, 1.807) is 0 Å². The molecule has 1 heterocycles. The van der Waals surface area contributed by atoms with Crippen molar-refractivity contribution < 1.29 is 18.0 Å². The number of rotatable bonds is 7. The molecule has 0 saturated carbocycles. The summed E-state index contributed by atoms with van der Waals surface area (Å²) in [4.78, 5) is 18.3. The Morgan fingerprint density at radius 2 is 1.77 bits per heavy atom. The largest absolute Gasteiger partial charge is 0.416 e. The van der Waals surface area contributed by atoms with Crippen LogP contribution >= 0.6 is 0 Å². The van der Waals surface area contributed by atoms with Crippen LogP contribution in [-0.2, 0) is 30.6 Å². The van der Waals surface area contributed by atoms with Gasteiger partial charge in [-0.05, 0) is 42.2 Å². The Hall–Kier alpha value is -3.03. The third-order valence-corrected chi connectivity index (χ3v) is 5.14. The molecule has 1 saturated heterocycles. The number of nitrogens with zero attached hydrogens (tertiary/aromatic N) is 2. The molecule has 2 aromatic carbocycles. The Morgan fingerprint density at radius 1 is 1.06 bits per heavy atom. The Bertz CT molecular complexity index is 910. The zero-order valence-corrected chi connectivity index (χ0v) is 17.5. The standard InChI is InChI=1S/C23H27F3N4O/c1-2-27-22(28-14-17-9-11-20(12-10-17)23(24,25)26)29-15-18-6-3-4-7-19(18)16-30-13-5-8-21(30)31/h3-4,6-7,9-12H,2,5,8,13-16H2,1H3,(H2,27,28,29). The zero-order chi connectivity index (χ0) is 22.3. The first-order valence-electron chi connectivity index (χ1n) is 10.4. The molecule has 166 valence electrons. The summed E-state index contributed by atoms with van der Waals surface area (Å²) in [5, 5.41) is 6.43. The number of hydrogen-bond acceptors (Lipinski definition) is 2. The van der Waals surface area contributed by atoms with Crippen LogP contribution in [0, 0.1) is 0 Å². The molecule has 1 aliphatic rings. The van der Waals surface area contributed by atoms with Crippen molar-refractivity contribution in [2.45, 2.75) is 45.6 Å². The van der Waals surface area contributed by atoms with Crippen LogP contribution in [0.15, 0.2) is 53.5 Å². The van der Waals surface area contributed by atoms with Gasteiger partial charge in [-0.15, -0.1) is 0 Å². The maximum absolute atomic E-state index is 12.7. The number of guanidine groups is 1. The average molecular weight is 432 g/mol. The molecule has 2 N–H and O–H groups in total. The fourth-order valence-corrected chi connectivity index (χ4v) is 3.45. The highest BCUT2D eigenvalue weighted by atomic mass is 19.4. The fraction of sp³-hybridized carbons (Fsp3) is 0.391. The number of hydrogen-bond donors (Lipinski definition) is 2. The van der Waals surface area contributed by atoms with Gasteiger partial charge >= 0.3 is 6.18 Å². The van der Waals surface area contributed by atoms with E-state index in [-0.39, 0.29) is 12.5 Å². The number of halogens is 3. The molecule has 0 aromatic heterocycles. The van der Waals surface area contributed by atoms with E-state index in [4.69, 9.17) is 0 Å². The van der Waals surface area contributed by atoms with E-state index in [0.717, 1.165) is 36.2 Å². The Labute approximate surface area is 180 Å². The van der Waals surface area contributed by atoms with Gasteiger partial charge in [-0.2, -0.15) is 13.2 Å². The van der Waals surface area contributed by atoms with Crippen molar-refractivity contribution in [3.63, 3.8) is 0 Å². The Kier molecular flexibility index (Phi) is 7.55. The van der Waals surface area contributed by atoms with Crippen LogP contribution in [0.5, 0.6) is 0 Å². The summed E-state index contributed by atoms with van der Waals surface area (Å²) >= 11 is 0. The maximum atomic E-state index is 12.7. The van der Waals surface area contributed by atoms with Gasteiger partial charge in [-0.3, -0.25) is 4.79 Å². The average Bonchev–Trinajstić information content (AvgIpc) is 3.15. The topological polar surface area (TPSA) is 56.7 Å². The van der Waals surface area contributed by atoms with Crippen LogP contribution in [0.2, 0.25) is 0 Å². The summed E-state index contributed by atoms with van der Waals surface area (Å²) in [6.45, 7) is 4.77. The highest BCUT2D eigenvalue weighted by Gasteiger charge is 2.29. The highest BCUT2D eigenvalue weighted by molar-refractivity contribution is 5.80. The molecule has 0 aliphatic carbocycles. The second kappa shape index (κ2) is 10.3. The second-order valence-corrected chi connectivity index (χ2v) is 7.43. The zero-order valence-electron chi connectivity index (χ0n) is 17.5. The molecule has 2 aromatic rings. The van der Waals surface area contributed by atoms with Gasteiger partial charge in [0.15, 0.2) is 5.96 Å². The molecular formula is C23H27F3N4O. The Morgan fingerprint density at radius 3 is 2.39 bits per heavy atom. The van der Waals surface area contributed by atoms with E-state index < -0.39 is 11.7 Å². The van der Waals surface area contributed by atoms with Gasteiger partial charge < -0.3 is 15.5 Å². The van der Waals surface area contributed by atoms with E-state index in [0.29, 0.717) is 37.6 Å². The number of benzene rings is 2. The first-order valence-corrected chi connectivity index (χ1v) is 10.4. The normalized spacial score (nSPS) is 14.8. The highest BCUT2D eigenvalue weighted by Crippen LogP contribution is 2.29. The monoisotopic (exact) mass is 432 g/mol. The number of amides is 1. The molecule has 0 atom stereocenters. The van der Waals surface area contributed by atoms with E-state index in [2.05, 4.69) is 15.6 Å². The van der Waals surface area contributed by atoms with Crippen molar-refractivity contribution in [2.24, 2.45) is 4.99 Å². The van der Waals surface area contributed by atoms with Crippen molar-refractivity contribution in [3.8, 4) is 0 Å². The maximum Gasteiger partial charge on any atom is 0.416 e. The van der Waals surface area contributed by atoms with Gasteiger partial charge in [0, 0.05) is 32.6 Å². The third kappa shape index (κ3) is 6.47. The minimum Gasteiger partial charge on any atom is -0.357 e. The summed E-state index contributed by atoms with van der Waals surface area (Å²) in [5.41, 5.74) is 2.18. The van der Waals surface area contributed by atoms with Crippen LogP contribution in [0.25, 0.3) is 0 Å². The van der Waals surface area contributed by atoms with E-state index in [1.165, 1.54) is 12.1 Å². The Balaban J connectivity index is 1.63. The van der Waals surface area contributed by atoms with Gasteiger partial charge in [0.1, 0.15) is 0 Å². The fourth-order valence-electron chi connectivity index (χ4n) is 3.45. The van der Waals surface area contributed by atoms with Gasteiger partial charge in [-0.25, -0.2) is 4.99 Å².